The van der Waals surface area contributed by atoms with Crippen molar-refractivity contribution in [3.8, 4) is 23.3 Å². The number of carbonyl (C=O) groups excluding carboxylic acids is 1. The van der Waals surface area contributed by atoms with Crippen molar-refractivity contribution in [2.24, 2.45) is 0 Å². The molecule has 0 radical (unpaired) electrons. The molecular formula is C30H26N2O4. The highest BCUT2D eigenvalue weighted by Crippen LogP contribution is 2.31. The Hall–Kier alpha value is -4.76. The summed E-state index contributed by atoms with van der Waals surface area (Å²) in [6.45, 7) is 2.28. The number of nitrogens with one attached hydrogen (secondary N) is 1. The second-order valence-corrected chi connectivity index (χ2v) is 8.16. The van der Waals surface area contributed by atoms with Crippen molar-refractivity contribution < 1.29 is 19.0 Å². The van der Waals surface area contributed by atoms with Crippen molar-refractivity contribution in [2.75, 3.05) is 19.5 Å². The molecule has 1 N–H and O–H groups in total. The molecular weight excluding hydrogens is 452 g/mol. The molecule has 0 saturated heterocycles. The molecule has 0 unspecified atom stereocenters. The fourth-order valence-electron chi connectivity index (χ4n) is 3.89. The molecule has 4 rings (SSSR count). The van der Waals surface area contributed by atoms with Crippen LogP contribution in [0.25, 0.3) is 16.8 Å². The molecule has 0 aromatic heterocycles. The zero-order chi connectivity index (χ0) is 25.5. The molecule has 180 valence electrons. The summed E-state index contributed by atoms with van der Waals surface area (Å²) in [7, 11) is 3.08. The third-order valence-corrected chi connectivity index (χ3v) is 5.73. The van der Waals surface area contributed by atoms with Crippen molar-refractivity contribution in [2.45, 2.75) is 13.5 Å². The molecule has 4 aromatic rings. The van der Waals surface area contributed by atoms with Crippen molar-refractivity contribution in [3.63, 3.8) is 0 Å². The van der Waals surface area contributed by atoms with Crippen LogP contribution >= 0.6 is 0 Å². The molecule has 1 amide bonds. The van der Waals surface area contributed by atoms with Crippen LogP contribution in [0.3, 0.4) is 0 Å². The van der Waals surface area contributed by atoms with Gasteiger partial charge < -0.3 is 19.5 Å². The van der Waals surface area contributed by atoms with E-state index in [1.165, 1.54) is 13.2 Å². The van der Waals surface area contributed by atoms with Crippen LogP contribution in [0.2, 0.25) is 0 Å². The van der Waals surface area contributed by atoms with Gasteiger partial charge in [-0.1, -0.05) is 54.6 Å². The van der Waals surface area contributed by atoms with Gasteiger partial charge >= 0.3 is 0 Å². The maximum Gasteiger partial charge on any atom is 0.266 e. The lowest BCUT2D eigenvalue weighted by Crippen LogP contribution is -2.14. The van der Waals surface area contributed by atoms with Crippen LogP contribution in [0.1, 0.15) is 16.7 Å². The molecule has 0 fully saturated rings. The summed E-state index contributed by atoms with van der Waals surface area (Å²) < 4.78 is 16.9. The predicted molar refractivity (Wildman–Crippen MR) is 141 cm³/mol. The smallest absolute Gasteiger partial charge is 0.266 e. The van der Waals surface area contributed by atoms with Gasteiger partial charge in [-0.15, -0.1) is 0 Å². The van der Waals surface area contributed by atoms with E-state index in [0.29, 0.717) is 35.1 Å². The number of fused-ring (bicyclic) bond motifs is 1. The monoisotopic (exact) mass is 478 g/mol. The zero-order valence-corrected chi connectivity index (χ0v) is 20.4. The molecule has 0 aliphatic rings. The predicted octanol–water partition coefficient (Wildman–Crippen LogP) is 6.29. The summed E-state index contributed by atoms with van der Waals surface area (Å²) in [6, 6.07) is 27.0. The van der Waals surface area contributed by atoms with Crippen molar-refractivity contribution in [1.82, 2.24) is 0 Å². The Kier molecular flexibility index (Phi) is 7.52. The van der Waals surface area contributed by atoms with Crippen LogP contribution in [0, 0.1) is 18.3 Å². The average Bonchev–Trinajstić information content (AvgIpc) is 2.90. The first-order valence-corrected chi connectivity index (χ1v) is 11.4. The van der Waals surface area contributed by atoms with E-state index in [2.05, 4.69) is 23.5 Å². The van der Waals surface area contributed by atoms with Crippen LogP contribution in [0.15, 0.2) is 84.4 Å². The standard InChI is InChI=1S/C30H26N2O4/c1-20-11-13-27(34-2)26(15-20)32-30(33)24(18-31)16-21-12-14-28(29(17-21)35-3)36-19-23-9-6-8-22-7-4-5-10-25(22)23/h4-17H,19H2,1-3H3,(H,32,33)/b24-16+. The second kappa shape index (κ2) is 11.1. The summed E-state index contributed by atoms with van der Waals surface area (Å²) in [5, 5.41) is 14.7. The fraction of sp³-hybridized carbons (Fsp3) is 0.133. The molecule has 0 aliphatic heterocycles. The lowest BCUT2D eigenvalue weighted by Gasteiger charge is -2.13. The Morgan fingerprint density at radius 1 is 0.917 bits per heavy atom. The van der Waals surface area contributed by atoms with Gasteiger partial charge in [-0.05, 0) is 64.7 Å². The maximum atomic E-state index is 12.8. The van der Waals surface area contributed by atoms with Gasteiger partial charge in [0.1, 0.15) is 24.0 Å². The number of methoxy groups -OCH3 is 2. The number of nitriles is 1. The normalized spacial score (nSPS) is 11.0. The Bertz CT molecular complexity index is 1480. The summed E-state index contributed by atoms with van der Waals surface area (Å²) in [5.41, 5.74) is 3.10. The first kappa shape index (κ1) is 24.4. The molecule has 0 bridgehead atoms. The van der Waals surface area contributed by atoms with E-state index in [1.807, 2.05) is 43.3 Å². The van der Waals surface area contributed by atoms with Gasteiger partial charge in [0.05, 0.1) is 19.9 Å². The largest absolute Gasteiger partial charge is 0.495 e. The van der Waals surface area contributed by atoms with E-state index in [4.69, 9.17) is 14.2 Å². The summed E-state index contributed by atoms with van der Waals surface area (Å²) in [5.74, 6) is 1.05. The second-order valence-electron chi connectivity index (χ2n) is 8.16. The quantitative estimate of drug-likeness (QED) is 0.238. The molecule has 6 nitrogen and oxygen atoms in total. The van der Waals surface area contributed by atoms with E-state index >= 15 is 0 Å². The number of carbonyl (C=O) groups is 1. The van der Waals surface area contributed by atoms with E-state index in [9.17, 15) is 10.1 Å². The molecule has 6 heteroatoms. The van der Waals surface area contributed by atoms with Crippen LogP contribution in [0.5, 0.6) is 17.2 Å². The van der Waals surface area contributed by atoms with Crippen LogP contribution in [-0.2, 0) is 11.4 Å². The third kappa shape index (κ3) is 5.48. The topological polar surface area (TPSA) is 80.6 Å². The molecule has 36 heavy (non-hydrogen) atoms. The van der Waals surface area contributed by atoms with Gasteiger partial charge in [0.25, 0.3) is 5.91 Å². The number of nitrogens with zero attached hydrogens (tertiary/aromatic N) is 1. The SMILES string of the molecule is COc1ccc(C)cc1NC(=O)/C(C#N)=C/c1ccc(OCc2cccc3ccccc23)c(OC)c1. The Labute approximate surface area is 210 Å². The number of rotatable bonds is 8. The minimum atomic E-state index is -0.531. The summed E-state index contributed by atoms with van der Waals surface area (Å²) >= 11 is 0. The number of hydrogen-bond donors (Lipinski definition) is 1. The van der Waals surface area contributed by atoms with Crippen LogP contribution < -0.4 is 19.5 Å². The Balaban J connectivity index is 1.53. The van der Waals surface area contributed by atoms with Gasteiger partial charge in [0, 0.05) is 0 Å². The third-order valence-electron chi connectivity index (χ3n) is 5.73. The van der Waals surface area contributed by atoms with E-state index in [0.717, 1.165) is 21.9 Å². The van der Waals surface area contributed by atoms with Gasteiger partial charge in [0.2, 0.25) is 0 Å². The van der Waals surface area contributed by atoms with Gasteiger partial charge in [-0.2, -0.15) is 5.26 Å². The number of benzene rings is 4. The summed E-state index contributed by atoms with van der Waals surface area (Å²) in [6.07, 6.45) is 1.51. The van der Waals surface area contributed by atoms with Gasteiger partial charge in [-0.25, -0.2) is 0 Å². The van der Waals surface area contributed by atoms with Crippen LogP contribution in [0.4, 0.5) is 5.69 Å². The first-order valence-electron chi connectivity index (χ1n) is 11.4. The highest BCUT2D eigenvalue weighted by molar-refractivity contribution is 6.10. The highest BCUT2D eigenvalue weighted by atomic mass is 16.5. The van der Waals surface area contributed by atoms with Gasteiger partial charge in [0.15, 0.2) is 11.5 Å². The molecule has 4 aromatic carbocycles. The molecule has 0 aliphatic carbocycles. The molecule has 0 saturated carbocycles. The number of hydrogen-bond acceptors (Lipinski definition) is 5. The molecule has 0 spiro atoms. The van der Waals surface area contributed by atoms with E-state index < -0.39 is 5.91 Å². The Morgan fingerprint density at radius 3 is 2.44 bits per heavy atom. The van der Waals surface area contributed by atoms with Crippen LogP contribution in [-0.4, -0.2) is 20.1 Å². The zero-order valence-electron chi connectivity index (χ0n) is 20.4. The molecule has 0 atom stereocenters. The fourth-order valence-corrected chi connectivity index (χ4v) is 3.89. The summed E-state index contributed by atoms with van der Waals surface area (Å²) in [4.78, 5) is 12.8. The van der Waals surface area contributed by atoms with Crippen molar-refractivity contribution in [1.29, 1.82) is 5.26 Å². The van der Waals surface area contributed by atoms with Gasteiger partial charge in [-0.3, -0.25) is 4.79 Å². The van der Waals surface area contributed by atoms with Crippen molar-refractivity contribution >= 4 is 28.4 Å². The minimum Gasteiger partial charge on any atom is -0.495 e. The maximum absolute atomic E-state index is 12.8. The molecule has 0 heterocycles. The number of aryl methyl sites for hydroxylation is 1. The minimum absolute atomic E-state index is 0.0509. The number of ether oxygens (including phenoxy) is 3. The highest BCUT2D eigenvalue weighted by Gasteiger charge is 2.14. The number of amides is 1. The van der Waals surface area contributed by atoms with E-state index in [-0.39, 0.29) is 5.57 Å². The first-order chi connectivity index (χ1) is 17.5. The van der Waals surface area contributed by atoms with Crippen molar-refractivity contribution in [3.05, 3.63) is 101 Å². The Morgan fingerprint density at radius 2 is 1.67 bits per heavy atom. The average molecular weight is 479 g/mol. The lowest BCUT2D eigenvalue weighted by molar-refractivity contribution is -0.112. The number of anilines is 1. The lowest BCUT2D eigenvalue weighted by atomic mass is 10.1. The van der Waals surface area contributed by atoms with E-state index in [1.54, 1.807) is 37.4 Å².